The lowest BCUT2D eigenvalue weighted by molar-refractivity contribution is -0.161. The third-order valence-corrected chi connectivity index (χ3v) is 22.8. The molecule has 0 rings (SSSR count). The third-order valence-electron chi connectivity index (χ3n) is 20.9. The van der Waals surface area contributed by atoms with E-state index in [1.165, 1.54) is 295 Å². The number of carbonyl (C=O) groups excluding carboxylic acids is 4. The van der Waals surface area contributed by atoms with Crippen LogP contribution >= 0.6 is 15.6 Å². The number of phosphoric ester groups is 2. The summed E-state index contributed by atoms with van der Waals surface area (Å²) in [5.74, 6) is -1.23. The largest absolute Gasteiger partial charge is 0.472 e. The Labute approximate surface area is 651 Å². The van der Waals surface area contributed by atoms with Crippen molar-refractivity contribution in [1.82, 2.24) is 0 Å². The van der Waals surface area contributed by atoms with E-state index >= 15 is 0 Å². The van der Waals surface area contributed by atoms with Crippen molar-refractivity contribution in [3.05, 3.63) is 0 Å². The predicted molar refractivity (Wildman–Crippen MR) is 437 cm³/mol. The molecule has 19 heteroatoms. The highest BCUT2D eigenvalue weighted by Crippen LogP contribution is 2.45. The van der Waals surface area contributed by atoms with Crippen LogP contribution < -0.4 is 0 Å². The summed E-state index contributed by atoms with van der Waals surface area (Å²) in [7, 11) is -9.93. The molecule has 0 saturated carbocycles. The minimum atomic E-state index is -4.97. The van der Waals surface area contributed by atoms with Crippen molar-refractivity contribution in [2.45, 2.75) is 490 Å². The second kappa shape index (κ2) is 79.7. The minimum absolute atomic E-state index is 0.108. The molecule has 0 aliphatic carbocycles. The van der Waals surface area contributed by atoms with Crippen LogP contribution in [0.4, 0.5) is 0 Å². The van der Waals surface area contributed by atoms with Crippen molar-refractivity contribution in [1.29, 1.82) is 0 Å². The van der Waals surface area contributed by atoms with Gasteiger partial charge < -0.3 is 33.8 Å². The maximum atomic E-state index is 13.2. The van der Waals surface area contributed by atoms with Crippen LogP contribution in [0.3, 0.4) is 0 Å². The smallest absolute Gasteiger partial charge is 0.462 e. The molecule has 0 heterocycles. The van der Waals surface area contributed by atoms with Crippen molar-refractivity contribution in [3.63, 3.8) is 0 Å². The Morgan fingerprint density at radius 2 is 0.453 bits per heavy atom. The summed E-state index contributed by atoms with van der Waals surface area (Å²) >= 11 is 0. The number of ether oxygens (including phenoxy) is 4. The third kappa shape index (κ3) is 78.7. The summed E-state index contributed by atoms with van der Waals surface area (Å²) in [6.07, 6.45) is 73.5. The van der Waals surface area contributed by atoms with Gasteiger partial charge in [-0.25, -0.2) is 9.13 Å². The molecule has 0 saturated heterocycles. The van der Waals surface area contributed by atoms with Crippen LogP contribution in [0.15, 0.2) is 0 Å². The van der Waals surface area contributed by atoms with Gasteiger partial charge in [0, 0.05) is 25.7 Å². The van der Waals surface area contributed by atoms with E-state index in [-0.39, 0.29) is 25.7 Å². The molecule has 0 aliphatic heterocycles. The lowest BCUT2D eigenvalue weighted by Gasteiger charge is -2.21. The highest BCUT2D eigenvalue weighted by atomic mass is 31.2. The van der Waals surface area contributed by atoms with Crippen LogP contribution in [-0.4, -0.2) is 96.7 Å². The van der Waals surface area contributed by atoms with Gasteiger partial charge in [0.05, 0.1) is 26.4 Å². The van der Waals surface area contributed by atoms with Gasteiger partial charge >= 0.3 is 39.5 Å². The van der Waals surface area contributed by atoms with Crippen molar-refractivity contribution in [2.24, 2.45) is 5.92 Å². The first-order valence-corrected chi connectivity index (χ1v) is 48.2. The number of phosphoric acid groups is 2. The molecule has 0 fully saturated rings. The first kappa shape index (κ1) is 104. The number of aliphatic hydroxyl groups is 1. The maximum Gasteiger partial charge on any atom is 0.472 e. The van der Waals surface area contributed by atoms with Gasteiger partial charge in [0.1, 0.15) is 19.3 Å². The molecule has 6 atom stereocenters. The van der Waals surface area contributed by atoms with E-state index in [0.29, 0.717) is 25.7 Å². The fraction of sp³-hybridized carbons (Fsp3) is 0.954. The van der Waals surface area contributed by atoms with E-state index < -0.39 is 97.5 Å². The Morgan fingerprint density at radius 1 is 0.264 bits per heavy atom. The van der Waals surface area contributed by atoms with Crippen molar-refractivity contribution < 1.29 is 80.2 Å². The van der Waals surface area contributed by atoms with Gasteiger partial charge in [-0.15, -0.1) is 0 Å². The van der Waals surface area contributed by atoms with Crippen LogP contribution in [0, 0.1) is 5.92 Å². The van der Waals surface area contributed by atoms with Crippen LogP contribution in [0.2, 0.25) is 0 Å². The number of aliphatic hydroxyl groups excluding tert-OH is 1. The second-order valence-corrected chi connectivity index (χ2v) is 34.4. The zero-order chi connectivity index (χ0) is 77.6. The van der Waals surface area contributed by atoms with Gasteiger partial charge in [0.25, 0.3) is 0 Å². The standard InChI is InChI=1S/C87H170O17P2/c1-6-10-13-16-19-22-25-28-29-30-31-32-36-39-42-47-51-56-61-66-71-85(90)98-77-83(104-87(92)73-68-63-58-53-48-43-40-37-34-33-35-38-41-44-49-54-59-64-69-80(5)9-4)79-102-106(95,96)100-75-81(88)74-99-105(93,94)101-78-82(103-86(91)72-67-62-57-52-46-27-24-21-18-15-12-8-3)76-97-84(89)70-65-60-55-50-45-26-23-20-17-14-11-7-2/h80-83,88H,6-79H2,1-5H3,(H,93,94)(H,95,96)/t80?,81-,82+,83+/m0/s1. The molecule has 0 bridgehead atoms. The number of esters is 4. The second-order valence-electron chi connectivity index (χ2n) is 31.5. The SMILES string of the molecule is CCCCCCCCCCCCCCCCCCCCCCC(=O)OC[C@H](COP(=O)(O)OC[C@@H](O)COP(=O)(O)OC[C@@H](COC(=O)CCCCCCCCCCCCCC)OC(=O)CCCCCCCCCCCCCC)OC(=O)CCCCCCCCCCCCCCCCCCCCC(C)CC. The molecule has 3 N–H and O–H groups in total. The lowest BCUT2D eigenvalue weighted by atomic mass is 9.99. The van der Waals surface area contributed by atoms with Crippen molar-refractivity contribution >= 4 is 39.5 Å². The number of hydrogen-bond acceptors (Lipinski definition) is 15. The Hall–Kier alpha value is -1.94. The summed E-state index contributed by atoms with van der Waals surface area (Å²) in [5, 5.41) is 10.7. The quantitative estimate of drug-likeness (QED) is 0.0222. The Morgan fingerprint density at radius 3 is 0.670 bits per heavy atom. The van der Waals surface area contributed by atoms with Gasteiger partial charge in [0.2, 0.25) is 0 Å². The molecule has 0 aromatic heterocycles. The normalized spacial score (nSPS) is 14.0. The van der Waals surface area contributed by atoms with E-state index in [1.54, 1.807) is 0 Å². The molecule has 17 nitrogen and oxygen atoms in total. The summed E-state index contributed by atoms with van der Waals surface area (Å²) in [6.45, 7) is 7.43. The highest BCUT2D eigenvalue weighted by Gasteiger charge is 2.30. The first-order chi connectivity index (χ1) is 51.6. The highest BCUT2D eigenvalue weighted by molar-refractivity contribution is 7.47. The van der Waals surface area contributed by atoms with E-state index in [2.05, 4.69) is 34.6 Å². The monoisotopic (exact) mass is 1550 g/mol. The van der Waals surface area contributed by atoms with Crippen LogP contribution in [0.5, 0.6) is 0 Å². The molecule has 3 unspecified atom stereocenters. The Kier molecular flexibility index (Phi) is 78.2. The molecule has 0 radical (unpaired) electrons. The van der Waals surface area contributed by atoms with Crippen molar-refractivity contribution in [2.75, 3.05) is 39.6 Å². The molecule has 630 valence electrons. The molecular formula is C87H170O17P2. The number of hydrogen-bond donors (Lipinski definition) is 3. The fourth-order valence-electron chi connectivity index (χ4n) is 13.6. The van der Waals surface area contributed by atoms with Gasteiger partial charge in [-0.2, -0.15) is 0 Å². The Balaban J connectivity index is 5.21. The number of rotatable bonds is 87. The molecule has 0 spiro atoms. The summed E-state index contributed by atoms with van der Waals surface area (Å²) in [4.78, 5) is 73.2. The lowest BCUT2D eigenvalue weighted by Crippen LogP contribution is -2.30. The van der Waals surface area contributed by atoms with Crippen LogP contribution in [-0.2, 0) is 65.4 Å². The molecule has 0 aromatic carbocycles. The maximum absolute atomic E-state index is 13.2. The predicted octanol–water partition coefficient (Wildman–Crippen LogP) is 26.8. The minimum Gasteiger partial charge on any atom is -0.462 e. The van der Waals surface area contributed by atoms with E-state index in [4.69, 9.17) is 37.0 Å². The summed E-state index contributed by atoms with van der Waals surface area (Å²) < 4.78 is 68.9. The molecule has 106 heavy (non-hydrogen) atoms. The molecular weight excluding hydrogens is 1380 g/mol. The average molecular weight is 1550 g/mol. The van der Waals surface area contributed by atoms with Gasteiger partial charge in [-0.1, -0.05) is 420 Å². The topological polar surface area (TPSA) is 237 Å². The number of carbonyl (C=O) groups is 4. The molecule has 0 amide bonds. The van der Waals surface area contributed by atoms with Crippen LogP contribution in [0.25, 0.3) is 0 Å². The molecule has 0 aliphatic rings. The van der Waals surface area contributed by atoms with E-state index in [1.807, 2.05) is 0 Å². The van der Waals surface area contributed by atoms with Gasteiger partial charge in [0.15, 0.2) is 12.2 Å². The fourth-order valence-corrected chi connectivity index (χ4v) is 15.2. The summed E-state index contributed by atoms with van der Waals surface area (Å²) in [6, 6.07) is 0. The van der Waals surface area contributed by atoms with Crippen molar-refractivity contribution in [3.8, 4) is 0 Å². The molecule has 0 aromatic rings. The van der Waals surface area contributed by atoms with Gasteiger partial charge in [-0.05, 0) is 31.6 Å². The zero-order valence-electron chi connectivity index (χ0n) is 69.6. The summed E-state index contributed by atoms with van der Waals surface area (Å²) in [5.41, 5.74) is 0. The first-order valence-electron chi connectivity index (χ1n) is 45.2. The van der Waals surface area contributed by atoms with E-state index in [0.717, 1.165) is 95.8 Å². The van der Waals surface area contributed by atoms with Crippen LogP contribution in [0.1, 0.15) is 471 Å². The Bertz CT molecular complexity index is 2020. The average Bonchev–Trinajstić information content (AvgIpc) is 0.902. The number of unbranched alkanes of at least 4 members (excludes halogenated alkanes) is 58. The van der Waals surface area contributed by atoms with E-state index in [9.17, 15) is 43.2 Å². The zero-order valence-corrected chi connectivity index (χ0v) is 71.4. The van der Waals surface area contributed by atoms with Gasteiger partial charge in [-0.3, -0.25) is 37.3 Å².